The number of rotatable bonds is 4. The van der Waals surface area contributed by atoms with Crippen molar-refractivity contribution in [3.8, 4) is 5.75 Å². The third-order valence-corrected chi connectivity index (χ3v) is 5.28. The summed E-state index contributed by atoms with van der Waals surface area (Å²) in [4.78, 5) is 22.8. The summed E-state index contributed by atoms with van der Waals surface area (Å²) >= 11 is 13.1. The van der Waals surface area contributed by atoms with Gasteiger partial charge in [0.15, 0.2) is 0 Å². The minimum absolute atomic E-state index is 0.0420. The van der Waals surface area contributed by atoms with E-state index >= 15 is 0 Å². The number of non-ortho nitro benzene ring substituents is 1. The fourth-order valence-corrected chi connectivity index (χ4v) is 3.77. The Morgan fingerprint density at radius 1 is 1.27 bits per heavy atom. The van der Waals surface area contributed by atoms with Gasteiger partial charge in [-0.15, -0.1) is 11.3 Å². The Bertz CT molecular complexity index is 1070. The van der Waals surface area contributed by atoms with Gasteiger partial charge in [0.2, 0.25) is 0 Å². The quantitative estimate of drug-likeness (QED) is 0.373. The van der Waals surface area contributed by atoms with E-state index in [1.807, 2.05) is 0 Å². The van der Waals surface area contributed by atoms with E-state index in [1.54, 1.807) is 0 Å². The minimum atomic E-state index is -0.573. The highest BCUT2D eigenvalue weighted by Crippen LogP contribution is 2.37. The summed E-state index contributed by atoms with van der Waals surface area (Å²) in [5, 5.41) is 25.5. The number of nitro benzene ring substituents is 1. The molecule has 0 bridgehead atoms. The number of halogens is 2. The van der Waals surface area contributed by atoms with E-state index in [0.717, 1.165) is 11.3 Å². The molecule has 0 saturated heterocycles. The van der Waals surface area contributed by atoms with Gasteiger partial charge in [-0.3, -0.25) is 14.9 Å². The molecule has 0 aliphatic rings. The van der Waals surface area contributed by atoms with Crippen molar-refractivity contribution in [3.63, 3.8) is 0 Å². The summed E-state index contributed by atoms with van der Waals surface area (Å²) in [5.74, 6) is -0.615. The van der Waals surface area contributed by atoms with Crippen LogP contribution >= 0.6 is 34.5 Å². The van der Waals surface area contributed by atoms with Crippen molar-refractivity contribution in [2.75, 3.05) is 0 Å². The normalized spacial score (nSPS) is 11.2. The average molecular weight is 410 g/mol. The molecule has 0 spiro atoms. The Labute approximate surface area is 160 Å². The second-order valence-corrected chi connectivity index (χ2v) is 6.95. The molecule has 0 radical (unpaired) electrons. The number of carbonyl (C=O) groups is 1. The summed E-state index contributed by atoms with van der Waals surface area (Å²) in [6.45, 7) is 0. The van der Waals surface area contributed by atoms with Crippen LogP contribution in [-0.4, -0.2) is 22.2 Å². The van der Waals surface area contributed by atoms with Gasteiger partial charge in [0.1, 0.15) is 10.6 Å². The number of phenols is 1. The molecule has 0 aliphatic heterocycles. The third-order valence-electron chi connectivity index (χ3n) is 3.39. The lowest BCUT2D eigenvalue weighted by Crippen LogP contribution is -2.16. The largest absolute Gasteiger partial charge is 0.507 e. The van der Waals surface area contributed by atoms with Crippen molar-refractivity contribution in [1.82, 2.24) is 5.43 Å². The van der Waals surface area contributed by atoms with Crippen LogP contribution in [0.5, 0.6) is 5.75 Å². The molecule has 1 heterocycles. The maximum Gasteiger partial charge on any atom is 0.283 e. The predicted octanol–water partition coefficient (Wildman–Crippen LogP) is 4.59. The molecular weight excluding hydrogens is 401 g/mol. The van der Waals surface area contributed by atoms with E-state index in [-0.39, 0.29) is 21.3 Å². The van der Waals surface area contributed by atoms with Gasteiger partial charge < -0.3 is 5.11 Å². The first-order valence-electron chi connectivity index (χ1n) is 7.05. The molecule has 1 amide bonds. The van der Waals surface area contributed by atoms with Crippen molar-refractivity contribution in [1.29, 1.82) is 0 Å². The number of benzene rings is 2. The number of carbonyl (C=O) groups excluding carboxylic acids is 1. The van der Waals surface area contributed by atoms with Crippen molar-refractivity contribution in [3.05, 3.63) is 67.0 Å². The number of fused-ring (bicyclic) bond motifs is 1. The van der Waals surface area contributed by atoms with Gasteiger partial charge in [-0.05, 0) is 24.3 Å². The number of hydrogen-bond acceptors (Lipinski definition) is 6. The van der Waals surface area contributed by atoms with Gasteiger partial charge in [0.25, 0.3) is 11.6 Å². The van der Waals surface area contributed by atoms with Gasteiger partial charge >= 0.3 is 0 Å². The Morgan fingerprint density at radius 3 is 2.77 bits per heavy atom. The fraction of sp³-hybridized carbons (Fsp3) is 0. The zero-order valence-corrected chi connectivity index (χ0v) is 15.1. The number of nitrogens with zero attached hydrogens (tertiary/aromatic N) is 2. The summed E-state index contributed by atoms with van der Waals surface area (Å²) in [7, 11) is 0. The lowest BCUT2D eigenvalue weighted by Gasteiger charge is -2.00. The van der Waals surface area contributed by atoms with Crippen LogP contribution in [0.15, 0.2) is 41.5 Å². The Hall–Kier alpha value is -2.68. The Morgan fingerprint density at radius 2 is 2.04 bits per heavy atom. The summed E-state index contributed by atoms with van der Waals surface area (Å²) in [5.41, 5.74) is 2.54. The zero-order chi connectivity index (χ0) is 18.8. The molecule has 0 fully saturated rings. The van der Waals surface area contributed by atoms with E-state index in [9.17, 15) is 20.0 Å². The molecule has 0 aliphatic carbocycles. The highest BCUT2D eigenvalue weighted by Gasteiger charge is 2.18. The second kappa shape index (κ2) is 7.28. The second-order valence-electron chi connectivity index (χ2n) is 5.09. The summed E-state index contributed by atoms with van der Waals surface area (Å²) in [6, 6.07) is 8.58. The summed E-state index contributed by atoms with van der Waals surface area (Å²) < 4.78 is 0.519. The zero-order valence-electron chi connectivity index (χ0n) is 12.8. The highest BCUT2D eigenvalue weighted by atomic mass is 35.5. The fourth-order valence-electron chi connectivity index (χ4n) is 2.15. The first-order valence-corrected chi connectivity index (χ1v) is 8.62. The van der Waals surface area contributed by atoms with Crippen LogP contribution < -0.4 is 5.43 Å². The van der Waals surface area contributed by atoms with E-state index in [0.29, 0.717) is 20.7 Å². The molecule has 2 N–H and O–H groups in total. The minimum Gasteiger partial charge on any atom is -0.507 e. The van der Waals surface area contributed by atoms with Gasteiger partial charge in [-0.2, -0.15) is 5.10 Å². The van der Waals surface area contributed by atoms with E-state index in [2.05, 4.69) is 10.5 Å². The lowest BCUT2D eigenvalue weighted by molar-refractivity contribution is -0.384. The van der Waals surface area contributed by atoms with Crippen molar-refractivity contribution in [2.24, 2.45) is 5.10 Å². The Balaban J connectivity index is 1.83. The number of phenolic OH excluding ortho intramolecular Hbond substituents is 1. The van der Waals surface area contributed by atoms with E-state index < -0.39 is 10.8 Å². The molecule has 7 nitrogen and oxygen atoms in total. The van der Waals surface area contributed by atoms with Gasteiger partial charge in [-0.1, -0.05) is 23.2 Å². The first kappa shape index (κ1) is 18.1. The summed E-state index contributed by atoms with van der Waals surface area (Å²) in [6.07, 6.45) is 1.24. The molecule has 3 rings (SSSR count). The average Bonchev–Trinajstić information content (AvgIpc) is 2.94. The molecule has 1 aromatic heterocycles. The van der Waals surface area contributed by atoms with Crippen LogP contribution in [0, 0.1) is 10.1 Å². The molecule has 0 saturated carbocycles. The number of nitrogens with one attached hydrogen (secondary N) is 1. The molecule has 3 aromatic rings. The molecule has 2 aromatic carbocycles. The molecule has 0 atom stereocenters. The smallest absolute Gasteiger partial charge is 0.283 e. The third kappa shape index (κ3) is 3.62. The maximum atomic E-state index is 12.3. The van der Waals surface area contributed by atoms with E-state index in [1.165, 1.54) is 42.6 Å². The van der Waals surface area contributed by atoms with Crippen LogP contribution in [0.1, 0.15) is 15.2 Å². The van der Waals surface area contributed by atoms with Crippen molar-refractivity contribution >= 4 is 62.4 Å². The number of amides is 1. The number of nitro groups is 1. The molecule has 10 heteroatoms. The predicted molar refractivity (Wildman–Crippen MR) is 102 cm³/mol. The molecule has 26 heavy (non-hydrogen) atoms. The number of aromatic hydroxyl groups is 1. The van der Waals surface area contributed by atoms with Gasteiger partial charge in [0.05, 0.1) is 16.2 Å². The molecule has 0 unspecified atom stereocenters. The highest BCUT2D eigenvalue weighted by molar-refractivity contribution is 7.21. The molecule has 132 valence electrons. The van der Waals surface area contributed by atoms with Crippen LogP contribution in [0.3, 0.4) is 0 Å². The van der Waals surface area contributed by atoms with E-state index in [4.69, 9.17) is 23.2 Å². The first-order chi connectivity index (χ1) is 12.4. The standard InChI is InChI=1S/C16H9Cl2N3O4S/c17-9-1-4-12(22)8(5-9)7-19-20-16(23)15-14(18)11-3-2-10(21(24)25)6-13(11)26-15/h1-7,22H,(H,20,23)/b19-7-. The lowest BCUT2D eigenvalue weighted by atomic mass is 10.2. The maximum absolute atomic E-state index is 12.3. The van der Waals surface area contributed by atoms with Crippen molar-refractivity contribution in [2.45, 2.75) is 0 Å². The monoisotopic (exact) mass is 409 g/mol. The van der Waals surface area contributed by atoms with Crippen molar-refractivity contribution < 1.29 is 14.8 Å². The number of hydrazone groups is 1. The van der Waals surface area contributed by atoms with Crippen LogP contribution in [0.4, 0.5) is 5.69 Å². The van der Waals surface area contributed by atoms with Crippen LogP contribution in [-0.2, 0) is 0 Å². The van der Waals surface area contributed by atoms with Crippen LogP contribution in [0.2, 0.25) is 10.0 Å². The number of thiophene rings is 1. The number of hydrogen-bond donors (Lipinski definition) is 2. The SMILES string of the molecule is O=C(N/N=C\c1cc(Cl)ccc1O)c1sc2cc([N+](=O)[O-])ccc2c1Cl. The van der Waals surface area contributed by atoms with Gasteiger partial charge in [0, 0.05) is 32.8 Å². The van der Waals surface area contributed by atoms with Gasteiger partial charge in [-0.25, -0.2) is 5.43 Å². The topological polar surface area (TPSA) is 105 Å². The van der Waals surface area contributed by atoms with Crippen LogP contribution in [0.25, 0.3) is 10.1 Å². The molecular formula is C16H9Cl2N3O4S. The Kier molecular flexibility index (Phi) is 5.08.